The predicted molar refractivity (Wildman–Crippen MR) is 94.5 cm³/mol. The van der Waals surface area contributed by atoms with E-state index in [0.717, 1.165) is 11.3 Å². The van der Waals surface area contributed by atoms with E-state index in [1.54, 1.807) is 18.3 Å². The lowest BCUT2D eigenvalue weighted by Crippen LogP contribution is -1.93. The Hall–Kier alpha value is -2.31. The molecule has 3 rings (SSSR count). The van der Waals surface area contributed by atoms with Gasteiger partial charge in [0.1, 0.15) is 10.7 Å². The maximum Gasteiger partial charge on any atom is 0.216 e. The second kappa shape index (κ2) is 6.44. The summed E-state index contributed by atoms with van der Waals surface area (Å²) in [5.41, 5.74) is 2.53. The number of nitrogens with zero attached hydrogens (tertiary/aromatic N) is 2. The van der Waals surface area contributed by atoms with Crippen LogP contribution in [0.2, 0.25) is 0 Å². The highest BCUT2D eigenvalue weighted by Crippen LogP contribution is 2.29. The first-order chi connectivity index (χ1) is 11.0. The second-order valence-electron chi connectivity index (χ2n) is 4.96. The first kappa shape index (κ1) is 15.6. The molecule has 0 saturated carbocycles. The molecule has 116 valence electrons. The molecule has 23 heavy (non-hydrogen) atoms. The van der Waals surface area contributed by atoms with E-state index in [-0.39, 0.29) is 11.7 Å². The average Bonchev–Trinajstić information content (AvgIpc) is 2.81. The van der Waals surface area contributed by atoms with Crippen molar-refractivity contribution in [3.63, 3.8) is 0 Å². The molecule has 0 unspecified atom stereocenters. The molecular formula is C17H13FN2OS2. The van der Waals surface area contributed by atoms with Gasteiger partial charge in [-0.15, -0.1) is 0 Å². The number of benzene rings is 2. The average molecular weight is 344 g/mol. The highest BCUT2D eigenvalue weighted by atomic mass is 32.1. The molecule has 0 fully saturated rings. The molecule has 3 aromatic rings. The van der Waals surface area contributed by atoms with Gasteiger partial charge in [-0.05, 0) is 61.1 Å². The van der Waals surface area contributed by atoms with Crippen LogP contribution in [0.5, 0.6) is 5.88 Å². The van der Waals surface area contributed by atoms with Crippen molar-refractivity contribution in [3.05, 3.63) is 68.7 Å². The minimum atomic E-state index is -0.337. The molecule has 3 nitrogen and oxygen atoms in total. The van der Waals surface area contributed by atoms with Crippen molar-refractivity contribution in [2.24, 2.45) is 4.99 Å². The Morgan fingerprint density at radius 3 is 2.65 bits per heavy atom. The van der Waals surface area contributed by atoms with Crippen molar-refractivity contribution >= 4 is 35.5 Å². The zero-order valence-electron chi connectivity index (χ0n) is 12.2. The summed E-state index contributed by atoms with van der Waals surface area (Å²) < 4.78 is 15.0. The van der Waals surface area contributed by atoms with Crippen molar-refractivity contribution in [3.8, 4) is 11.6 Å². The smallest absolute Gasteiger partial charge is 0.216 e. The van der Waals surface area contributed by atoms with Gasteiger partial charge in [0.05, 0.1) is 17.6 Å². The number of rotatable bonds is 3. The van der Waals surface area contributed by atoms with E-state index < -0.39 is 0 Å². The Bertz CT molecular complexity index is 927. The van der Waals surface area contributed by atoms with Gasteiger partial charge in [-0.25, -0.2) is 4.39 Å². The predicted octanol–water partition coefficient (Wildman–Crippen LogP) is 5.17. The van der Waals surface area contributed by atoms with Gasteiger partial charge in [-0.1, -0.05) is 23.5 Å². The standard InChI is InChI=1S/C17H13FN2OS2/c1-11-3-2-4-13(9-11)19-10-15-16(21)20(17(22)23-15)14-7-5-12(18)6-8-14/h2-10,21H,1H3. The van der Waals surface area contributed by atoms with Crippen LogP contribution in [0.4, 0.5) is 10.1 Å². The number of aromatic nitrogens is 1. The van der Waals surface area contributed by atoms with Gasteiger partial charge in [-0.3, -0.25) is 9.56 Å². The number of hydrogen-bond donors (Lipinski definition) is 1. The van der Waals surface area contributed by atoms with E-state index in [1.165, 1.54) is 28.0 Å². The number of aliphatic imine (C=N–C) groups is 1. The molecular weight excluding hydrogens is 331 g/mol. The first-order valence-electron chi connectivity index (χ1n) is 6.86. The molecule has 0 aliphatic carbocycles. The lowest BCUT2D eigenvalue weighted by Gasteiger charge is -2.04. The molecule has 0 spiro atoms. The zero-order valence-corrected chi connectivity index (χ0v) is 13.9. The first-order valence-corrected chi connectivity index (χ1v) is 8.08. The zero-order chi connectivity index (χ0) is 16.4. The van der Waals surface area contributed by atoms with E-state index >= 15 is 0 Å². The van der Waals surface area contributed by atoms with Crippen LogP contribution in [0.15, 0.2) is 53.5 Å². The molecule has 0 aliphatic heterocycles. The molecule has 0 aliphatic rings. The Labute approximate surface area is 142 Å². The van der Waals surface area contributed by atoms with Crippen molar-refractivity contribution in [2.45, 2.75) is 6.92 Å². The topological polar surface area (TPSA) is 37.5 Å². The molecule has 0 bridgehead atoms. The van der Waals surface area contributed by atoms with Gasteiger partial charge < -0.3 is 5.11 Å². The summed E-state index contributed by atoms with van der Waals surface area (Å²) in [6, 6.07) is 13.5. The third-order valence-electron chi connectivity index (χ3n) is 3.23. The number of aromatic hydroxyl groups is 1. The molecule has 1 heterocycles. The van der Waals surface area contributed by atoms with Crippen LogP contribution in [0.25, 0.3) is 5.69 Å². The summed E-state index contributed by atoms with van der Waals surface area (Å²) in [6.07, 6.45) is 1.59. The fraction of sp³-hybridized carbons (Fsp3) is 0.0588. The third kappa shape index (κ3) is 3.38. The number of thiazole rings is 1. The molecule has 2 aromatic carbocycles. The highest BCUT2D eigenvalue weighted by Gasteiger charge is 2.12. The summed E-state index contributed by atoms with van der Waals surface area (Å²) in [5, 5.41) is 10.4. The van der Waals surface area contributed by atoms with E-state index in [2.05, 4.69) is 4.99 Å². The van der Waals surface area contributed by atoms with E-state index in [1.807, 2.05) is 31.2 Å². The van der Waals surface area contributed by atoms with Crippen LogP contribution >= 0.6 is 23.6 Å². The van der Waals surface area contributed by atoms with Gasteiger partial charge in [0.25, 0.3) is 0 Å². The largest absolute Gasteiger partial charge is 0.493 e. The molecule has 0 amide bonds. The van der Waals surface area contributed by atoms with Crippen molar-refractivity contribution in [2.75, 3.05) is 0 Å². The molecule has 1 aromatic heterocycles. The van der Waals surface area contributed by atoms with Crippen molar-refractivity contribution in [1.29, 1.82) is 0 Å². The number of aryl methyl sites for hydroxylation is 1. The van der Waals surface area contributed by atoms with E-state index in [9.17, 15) is 9.50 Å². The van der Waals surface area contributed by atoms with Crippen molar-refractivity contribution < 1.29 is 9.50 Å². The summed E-state index contributed by atoms with van der Waals surface area (Å²) in [5.74, 6) is -0.334. The van der Waals surface area contributed by atoms with Crippen LogP contribution in [0, 0.1) is 16.7 Å². The number of halogens is 1. The lowest BCUT2D eigenvalue weighted by molar-refractivity contribution is 0.441. The third-order valence-corrected chi connectivity index (χ3v) is 4.53. The SMILES string of the molecule is Cc1cccc(N=Cc2sc(=S)n(-c3ccc(F)cc3)c2O)c1. The minimum Gasteiger partial charge on any atom is -0.493 e. The van der Waals surface area contributed by atoms with Gasteiger partial charge >= 0.3 is 0 Å². The van der Waals surface area contributed by atoms with Gasteiger partial charge in [0, 0.05) is 0 Å². The van der Waals surface area contributed by atoms with E-state index in [0.29, 0.717) is 14.5 Å². The maximum atomic E-state index is 13.0. The Kier molecular flexibility index (Phi) is 4.36. The maximum absolute atomic E-state index is 13.0. The van der Waals surface area contributed by atoms with Gasteiger partial charge in [-0.2, -0.15) is 0 Å². The molecule has 0 atom stereocenters. The Morgan fingerprint density at radius 2 is 1.96 bits per heavy atom. The molecule has 6 heteroatoms. The van der Waals surface area contributed by atoms with Crippen LogP contribution in [-0.4, -0.2) is 15.9 Å². The summed E-state index contributed by atoms with van der Waals surface area (Å²) in [6.45, 7) is 1.99. The molecule has 0 radical (unpaired) electrons. The van der Waals surface area contributed by atoms with Crippen LogP contribution < -0.4 is 0 Å². The second-order valence-corrected chi connectivity index (χ2v) is 6.64. The lowest BCUT2D eigenvalue weighted by atomic mass is 10.2. The highest BCUT2D eigenvalue weighted by molar-refractivity contribution is 7.73. The Morgan fingerprint density at radius 1 is 1.22 bits per heavy atom. The van der Waals surface area contributed by atoms with Gasteiger partial charge in [0.2, 0.25) is 5.88 Å². The fourth-order valence-electron chi connectivity index (χ4n) is 2.13. The molecule has 1 N–H and O–H groups in total. The van der Waals surface area contributed by atoms with Crippen LogP contribution in [0.3, 0.4) is 0 Å². The monoisotopic (exact) mass is 344 g/mol. The number of hydrogen-bond acceptors (Lipinski definition) is 4. The Balaban J connectivity index is 1.98. The summed E-state index contributed by atoms with van der Waals surface area (Å²) >= 11 is 6.54. The van der Waals surface area contributed by atoms with Gasteiger partial charge in [0.15, 0.2) is 3.95 Å². The van der Waals surface area contributed by atoms with E-state index in [4.69, 9.17) is 12.2 Å². The minimum absolute atomic E-state index is 0.00279. The normalized spacial score (nSPS) is 11.2. The van der Waals surface area contributed by atoms with Crippen LogP contribution in [0.1, 0.15) is 10.4 Å². The quantitative estimate of drug-likeness (QED) is 0.525. The summed E-state index contributed by atoms with van der Waals surface area (Å²) in [4.78, 5) is 4.92. The fourth-order valence-corrected chi connectivity index (χ4v) is 3.35. The summed E-state index contributed by atoms with van der Waals surface area (Å²) in [7, 11) is 0. The van der Waals surface area contributed by atoms with Crippen LogP contribution in [-0.2, 0) is 0 Å². The van der Waals surface area contributed by atoms with Crippen molar-refractivity contribution in [1.82, 2.24) is 4.57 Å². The molecule has 0 saturated heterocycles.